The largest absolute Gasteiger partial charge is 0.481 e. The molecule has 1 aliphatic rings. The van der Waals surface area contributed by atoms with Crippen LogP contribution in [0.3, 0.4) is 0 Å². The van der Waals surface area contributed by atoms with Gasteiger partial charge in [-0.05, 0) is 32.6 Å². The number of rotatable bonds is 6. The summed E-state index contributed by atoms with van der Waals surface area (Å²) in [5, 5.41) is 8.85. The van der Waals surface area contributed by atoms with E-state index in [0.717, 1.165) is 32.5 Å². The molecule has 6 nitrogen and oxygen atoms in total. The van der Waals surface area contributed by atoms with Crippen molar-refractivity contribution in [3.05, 3.63) is 0 Å². The van der Waals surface area contributed by atoms with Crippen LogP contribution in [0.2, 0.25) is 0 Å². The quantitative estimate of drug-likeness (QED) is 0.806. The van der Waals surface area contributed by atoms with Crippen LogP contribution in [-0.4, -0.2) is 66.3 Å². The number of carboxylic acid groups (broad SMARTS) is 1. The maximum atomic E-state index is 12.4. The van der Waals surface area contributed by atoms with Crippen molar-refractivity contribution in [3.63, 3.8) is 0 Å². The molecule has 6 heteroatoms. The van der Waals surface area contributed by atoms with Gasteiger partial charge >= 0.3 is 12.0 Å². The number of aliphatic carboxylic acids is 1. The number of amides is 2. The van der Waals surface area contributed by atoms with Crippen LogP contribution in [0, 0.1) is 5.92 Å². The molecule has 1 fully saturated rings. The number of piperidine rings is 1. The topological polar surface area (TPSA) is 70.1 Å². The van der Waals surface area contributed by atoms with E-state index in [1.165, 1.54) is 0 Å². The summed E-state index contributed by atoms with van der Waals surface area (Å²) in [6.07, 6.45) is 1.88. The molecule has 0 aromatic heterocycles. The summed E-state index contributed by atoms with van der Waals surface area (Å²) in [5.74, 6) is -0.349. The van der Waals surface area contributed by atoms with Crippen molar-refractivity contribution in [1.82, 2.24) is 9.80 Å². The first-order valence-corrected chi connectivity index (χ1v) is 7.25. The number of hydrogen-bond donors (Lipinski definition) is 1. The Balaban J connectivity index is 2.53. The van der Waals surface area contributed by atoms with Crippen LogP contribution in [0.1, 0.15) is 33.1 Å². The molecule has 2 amide bonds. The predicted octanol–water partition coefficient (Wildman–Crippen LogP) is 1.65. The SMILES string of the molecule is CCN(C(=O)N1CCC(COC)CC1)C(C)CC(=O)O. The second-order valence-electron chi connectivity index (χ2n) is 5.40. The number of carbonyl (C=O) groups excluding carboxylic acids is 1. The zero-order valence-corrected chi connectivity index (χ0v) is 12.7. The lowest BCUT2D eigenvalue weighted by Crippen LogP contribution is -2.50. The summed E-state index contributed by atoms with van der Waals surface area (Å²) in [7, 11) is 1.70. The first-order valence-electron chi connectivity index (χ1n) is 7.25. The number of urea groups is 1. The molecule has 1 saturated heterocycles. The van der Waals surface area contributed by atoms with Gasteiger partial charge in [0.15, 0.2) is 0 Å². The van der Waals surface area contributed by atoms with E-state index in [9.17, 15) is 9.59 Å². The van der Waals surface area contributed by atoms with Crippen LogP contribution in [0.4, 0.5) is 4.79 Å². The predicted molar refractivity (Wildman–Crippen MR) is 75.7 cm³/mol. The van der Waals surface area contributed by atoms with E-state index in [4.69, 9.17) is 9.84 Å². The van der Waals surface area contributed by atoms with Crippen molar-refractivity contribution < 1.29 is 19.4 Å². The molecule has 0 aliphatic carbocycles. The van der Waals surface area contributed by atoms with Crippen molar-refractivity contribution in [2.45, 2.75) is 39.2 Å². The maximum absolute atomic E-state index is 12.4. The molecular weight excluding hydrogens is 260 g/mol. The van der Waals surface area contributed by atoms with Crippen molar-refractivity contribution in [2.24, 2.45) is 5.92 Å². The summed E-state index contributed by atoms with van der Waals surface area (Å²) in [6.45, 7) is 6.40. The highest BCUT2D eigenvalue weighted by atomic mass is 16.5. The monoisotopic (exact) mass is 286 g/mol. The molecule has 1 heterocycles. The average molecular weight is 286 g/mol. The molecule has 0 aromatic carbocycles. The third-order valence-corrected chi connectivity index (χ3v) is 3.88. The van der Waals surface area contributed by atoms with Gasteiger partial charge < -0.3 is 19.6 Å². The van der Waals surface area contributed by atoms with Crippen molar-refractivity contribution in [1.29, 1.82) is 0 Å². The maximum Gasteiger partial charge on any atom is 0.320 e. The highest BCUT2D eigenvalue weighted by Crippen LogP contribution is 2.19. The van der Waals surface area contributed by atoms with Gasteiger partial charge in [-0.25, -0.2) is 4.79 Å². The Hall–Kier alpha value is -1.30. The van der Waals surface area contributed by atoms with E-state index >= 15 is 0 Å². The lowest BCUT2D eigenvalue weighted by atomic mass is 9.98. The summed E-state index contributed by atoms with van der Waals surface area (Å²) in [4.78, 5) is 26.7. The Morgan fingerprint density at radius 3 is 2.45 bits per heavy atom. The number of likely N-dealkylation sites (tertiary alicyclic amines) is 1. The fraction of sp³-hybridized carbons (Fsp3) is 0.857. The Bertz CT molecular complexity index is 327. The van der Waals surface area contributed by atoms with Crippen molar-refractivity contribution >= 4 is 12.0 Å². The minimum atomic E-state index is -0.873. The van der Waals surface area contributed by atoms with E-state index in [1.54, 1.807) is 18.9 Å². The molecule has 20 heavy (non-hydrogen) atoms. The Morgan fingerprint density at radius 1 is 1.40 bits per heavy atom. The van der Waals surface area contributed by atoms with Gasteiger partial charge in [-0.2, -0.15) is 0 Å². The van der Waals surface area contributed by atoms with Crippen LogP contribution in [0.15, 0.2) is 0 Å². The Kier molecular flexibility index (Phi) is 6.78. The van der Waals surface area contributed by atoms with Gasteiger partial charge in [0.05, 0.1) is 6.42 Å². The van der Waals surface area contributed by atoms with Crippen LogP contribution in [-0.2, 0) is 9.53 Å². The lowest BCUT2D eigenvalue weighted by molar-refractivity contribution is -0.138. The number of methoxy groups -OCH3 is 1. The average Bonchev–Trinajstić information content (AvgIpc) is 2.39. The summed E-state index contributed by atoms with van der Waals surface area (Å²) >= 11 is 0. The summed E-state index contributed by atoms with van der Waals surface area (Å²) in [6, 6.07) is -0.321. The molecule has 0 saturated carbocycles. The fourth-order valence-electron chi connectivity index (χ4n) is 2.71. The first kappa shape index (κ1) is 16.8. The van der Waals surface area contributed by atoms with E-state index in [2.05, 4.69) is 0 Å². The highest BCUT2D eigenvalue weighted by molar-refractivity contribution is 5.76. The summed E-state index contributed by atoms with van der Waals surface area (Å²) in [5.41, 5.74) is 0. The number of hydrogen-bond acceptors (Lipinski definition) is 3. The van der Waals surface area contributed by atoms with Crippen LogP contribution >= 0.6 is 0 Å². The molecule has 0 bridgehead atoms. The summed E-state index contributed by atoms with van der Waals surface area (Å²) < 4.78 is 5.15. The zero-order valence-electron chi connectivity index (χ0n) is 12.7. The molecule has 0 radical (unpaired) electrons. The van der Waals surface area contributed by atoms with Crippen LogP contribution < -0.4 is 0 Å². The lowest BCUT2D eigenvalue weighted by Gasteiger charge is -2.37. The van der Waals surface area contributed by atoms with Crippen molar-refractivity contribution in [3.8, 4) is 0 Å². The van der Waals surface area contributed by atoms with Gasteiger partial charge in [0, 0.05) is 39.4 Å². The van der Waals surface area contributed by atoms with Gasteiger partial charge in [0.2, 0.25) is 0 Å². The van der Waals surface area contributed by atoms with E-state index in [1.807, 2.05) is 11.8 Å². The number of nitrogens with zero attached hydrogens (tertiary/aromatic N) is 2. The molecule has 0 aromatic rings. The second kappa shape index (κ2) is 8.09. The van der Waals surface area contributed by atoms with E-state index < -0.39 is 5.97 Å². The van der Waals surface area contributed by atoms with Crippen LogP contribution in [0.25, 0.3) is 0 Å². The van der Waals surface area contributed by atoms with E-state index in [0.29, 0.717) is 12.5 Å². The minimum absolute atomic E-state index is 0.0142. The second-order valence-corrected chi connectivity index (χ2v) is 5.40. The first-order chi connectivity index (χ1) is 9.49. The van der Waals surface area contributed by atoms with Gasteiger partial charge in [-0.1, -0.05) is 0 Å². The molecule has 1 atom stereocenters. The molecule has 1 aliphatic heterocycles. The standard InChI is InChI=1S/C14H26N2O4/c1-4-16(11(2)9-13(17)18)14(19)15-7-5-12(6-8-15)10-20-3/h11-12H,4-10H2,1-3H3,(H,17,18). The van der Waals surface area contributed by atoms with E-state index in [-0.39, 0.29) is 18.5 Å². The zero-order chi connectivity index (χ0) is 15.1. The third kappa shape index (κ3) is 4.67. The molecule has 1 rings (SSSR count). The van der Waals surface area contributed by atoms with Gasteiger partial charge in [-0.15, -0.1) is 0 Å². The van der Waals surface area contributed by atoms with Gasteiger partial charge in [0.25, 0.3) is 0 Å². The molecular formula is C14H26N2O4. The molecule has 1 unspecified atom stereocenters. The smallest absolute Gasteiger partial charge is 0.320 e. The highest BCUT2D eigenvalue weighted by Gasteiger charge is 2.28. The minimum Gasteiger partial charge on any atom is -0.481 e. The van der Waals surface area contributed by atoms with Gasteiger partial charge in [-0.3, -0.25) is 4.79 Å². The number of carboxylic acids is 1. The Labute approximate surface area is 120 Å². The normalized spacial score (nSPS) is 17.9. The fourth-order valence-corrected chi connectivity index (χ4v) is 2.71. The van der Waals surface area contributed by atoms with Crippen molar-refractivity contribution in [2.75, 3.05) is 33.4 Å². The molecule has 0 spiro atoms. The number of carbonyl (C=O) groups is 2. The Morgan fingerprint density at radius 2 is 2.00 bits per heavy atom. The van der Waals surface area contributed by atoms with Crippen LogP contribution in [0.5, 0.6) is 0 Å². The third-order valence-electron chi connectivity index (χ3n) is 3.88. The molecule has 1 N–H and O–H groups in total. The number of ether oxygens (including phenoxy) is 1. The molecule has 116 valence electrons. The van der Waals surface area contributed by atoms with Gasteiger partial charge in [0.1, 0.15) is 0 Å².